The van der Waals surface area contributed by atoms with Crippen LogP contribution in [0.3, 0.4) is 0 Å². The lowest BCUT2D eigenvalue weighted by molar-refractivity contribution is -0.139. The molecule has 1 fully saturated rings. The van der Waals surface area contributed by atoms with Crippen molar-refractivity contribution in [2.75, 3.05) is 5.33 Å². The van der Waals surface area contributed by atoms with E-state index in [1.807, 2.05) is 6.92 Å². The van der Waals surface area contributed by atoms with Crippen molar-refractivity contribution in [2.24, 2.45) is 5.92 Å². The lowest BCUT2D eigenvalue weighted by Gasteiger charge is -2.14. The molecule has 1 saturated heterocycles. The van der Waals surface area contributed by atoms with E-state index in [0.717, 1.165) is 28.2 Å². The second kappa shape index (κ2) is 5.31. The normalized spacial score (nSPS) is 30.4. The van der Waals surface area contributed by atoms with Crippen LogP contribution < -0.4 is 0 Å². The van der Waals surface area contributed by atoms with Crippen LogP contribution in [0.1, 0.15) is 26.7 Å². The molecule has 0 radical (unpaired) electrons. The summed E-state index contributed by atoms with van der Waals surface area (Å²) in [6.45, 7) is 3.99. The summed E-state index contributed by atoms with van der Waals surface area (Å²) in [5.41, 5.74) is 0.792. The number of cyclic esters (lactones) is 1. The molecule has 4 heteroatoms. The van der Waals surface area contributed by atoms with Crippen molar-refractivity contribution in [1.82, 2.24) is 0 Å². The lowest BCUT2D eigenvalue weighted by Crippen LogP contribution is -2.17. The van der Waals surface area contributed by atoms with Gasteiger partial charge in [0, 0.05) is 15.7 Å². The summed E-state index contributed by atoms with van der Waals surface area (Å²) in [6, 6.07) is 0. The van der Waals surface area contributed by atoms with Crippen molar-refractivity contribution in [2.45, 2.75) is 32.8 Å². The fourth-order valence-corrected chi connectivity index (χ4v) is 2.93. The molecule has 14 heavy (non-hydrogen) atoms. The van der Waals surface area contributed by atoms with Crippen LogP contribution in [0.15, 0.2) is 10.1 Å². The third-order valence-electron chi connectivity index (χ3n) is 2.41. The van der Waals surface area contributed by atoms with Gasteiger partial charge in [-0.05, 0) is 13.3 Å². The molecule has 0 aliphatic carbocycles. The average molecular weight is 326 g/mol. The van der Waals surface area contributed by atoms with Crippen LogP contribution >= 0.6 is 31.9 Å². The molecule has 1 heterocycles. The number of halogens is 2. The van der Waals surface area contributed by atoms with Crippen LogP contribution in [0, 0.1) is 5.92 Å². The Balaban J connectivity index is 2.89. The molecule has 0 aromatic rings. The van der Waals surface area contributed by atoms with E-state index in [1.54, 1.807) is 0 Å². The molecule has 0 aromatic heterocycles. The minimum atomic E-state index is -0.165. The maximum atomic E-state index is 11.5. The number of ether oxygens (including phenoxy) is 1. The Morgan fingerprint density at radius 3 is 2.64 bits per heavy atom. The monoisotopic (exact) mass is 324 g/mol. The van der Waals surface area contributed by atoms with E-state index < -0.39 is 0 Å². The van der Waals surface area contributed by atoms with E-state index in [9.17, 15) is 4.79 Å². The van der Waals surface area contributed by atoms with Crippen molar-refractivity contribution >= 4 is 37.8 Å². The molecule has 0 unspecified atom stereocenters. The summed E-state index contributed by atoms with van der Waals surface area (Å²) in [4.78, 5) is 11.5. The molecule has 2 atom stereocenters. The minimum Gasteiger partial charge on any atom is -0.458 e. The van der Waals surface area contributed by atoms with Gasteiger partial charge in [0.2, 0.25) is 0 Å². The third kappa shape index (κ3) is 2.40. The number of allylic oxidation sites excluding steroid dienone is 1. The zero-order chi connectivity index (χ0) is 10.7. The molecule has 0 saturated carbocycles. The van der Waals surface area contributed by atoms with Gasteiger partial charge in [-0.3, -0.25) is 0 Å². The van der Waals surface area contributed by atoms with Gasteiger partial charge in [0.25, 0.3) is 0 Å². The van der Waals surface area contributed by atoms with E-state index in [-0.39, 0.29) is 18.0 Å². The van der Waals surface area contributed by atoms with E-state index in [1.165, 1.54) is 0 Å². The fourth-order valence-electron chi connectivity index (χ4n) is 1.74. The number of hydrogen-bond donors (Lipinski definition) is 0. The summed E-state index contributed by atoms with van der Waals surface area (Å²) in [5.74, 6) is 0.0316. The van der Waals surface area contributed by atoms with E-state index in [0.29, 0.717) is 0 Å². The number of alkyl halides is 1. The number of hydrogen-bond acceptors (Lipinski definition) is 2. The van der Waals surface area contributed by atoms with Crippen molar-refractivity contribution < 1.29 is 9.53 Å². The molecular weight excluding hydrogens is 312 g/mol. The first-order valence-corrected chi connectivity index (χ1v) is 6.66. The molecule has 0 aromatic carbocycles. The molecule has 80 valence electrons. The largest absolute Gasteiger partial charge is 0.458 e. The van der Waals surface area contributed by atoms with Gasteiger partial charge in [-0.1, -0.05) is 45.2 Å². The van der Waals surface area contributed by atoms with Crippen LogP contribution in [0.25, 0.3) is 0 Å². The third-order valence-corrected chi connectivity index (χ3v) is 3.53. The predicted octanol–water partition coefficient (Wildman–Crippen LogP) is 3.39. The van der Waals surface area contributed by atoms with E-state index >= 15 is 0 Å². The van der Waals surface area contributed by atoms with Crippen LogP contribution in [-0.4, -0.2) is 17.4 Å². The lowest BCUT2D eigenvalue weighted by atomic mass is 9.95. The Kier molecular flexibility index (Phi) is 4.64. The van der Waals surface area contributed by atoms with Gasteiger partial charge in [-0.2, -0.15) is 0 Å². The zero-order valence-corrected chi connectivity index (χ0v) is 11.5. The van der Waals surface area contributed by atoms with Crippen LogP contribution in [0.4, 0.5) is 0 Å². The second-order valence-electron chi connectivity index (χ2n) is 3.44. The molecule has 0 N–H and O–H groups in total. The summed E-state index contributed by atoms with van der Waals surface area (Å²) in [7, 11) is 0. The Labute approximate surface area is 101 Å². The maximum absolute atomic E-state index is 11.5. The highest BCUT2D eigenvalue weighted by Gasteiger charge is 2.39. The van der Waals surface area contributed by atoms with Crippen molar-refractivity contribution in [3.05, 3.63) is 10.1 Å². The standard InChI is InChI=1S/C10H14Br2O2/c1-3-4-8-7(5-11)9(6(2)12)10(13)14-8/h7-8H,3-5H2,1-2H3/b9-6+/t7-,8+/m0/s1. The summed E-state index contributed by atoms with van der Waals surface area (Å²) in [6.07, 6.45) is 2.02. The van der Waals surface area contributed by atoms with Crippen LogP contribution in [0.5, 0.6) is 0 Å². The quantitative estimate of drug-likeness (QED) is 0.451. The number of rotatable bonds is 3. The first-order valence-electron chi connectivity index (χ1n) is 4.75. The van der Waals surface area contributed by atoms with Crippen molar-refractivity contribution in [1.29, 1.82) is 0 Å². The average Bonchev–Trinajstić information content (AvgIpc) is 2.42. The molecule has 2 nitrogen and oxygen atoms in total. The van der Waals surface area contributed by atoms with Crippen LogP contribution in [-0.2, 0) is 9.53 Å². The predicted molar refractivity (Wildman–Crippen MR) is 63.7 cm³/mol. The van der Waals surface area contributed by atoms with Gasteiger partial charge >= 0.3 is 5.97 Å². The molecule has 0 spiro atoms. The van der Waals surface area contributed by atoms with E-state index in [2.05, 4.69) is 38.8 Å². The first-order chi connectivity index (χ1) is 6.61. The van der Waals surface area contributed by atoms with Gasteiger partial charge in [-0.15, -0.1) is 0 Å². The summed E-state index contributed by atoms with van der Waals surface area (Å²) in [5, 5.41) is 0.779. The minimum absolute atomic E-state index is 0.0503. The zero-order valence-electron chi connectivity index (χ0n) is 8.35. The highest BCUT2D eigenvalue weighted by atomic mass is 79.9. The van der Waals surface area contributed by atoms with Gasteiger partial charge in [0.15, 0.2) is 0 Å². The molecular formula is C10H14Br2O2. The smallest absolute Gasteiger partial charge is 0.335 e. The SMILES string of the molecule is CCC[C@H]1OC(=O)/C(=C(\C)Br)[C@H]1CBr. The van der Waals surface area contributed by atoms with Crippen molar-refractivity contribution in [3.8, 4) is 0 Å². The number of esters is 1. The Morgan fingerprint density at radius 1 is 1.57 bits per heavy atom. The Morgan fingerprint density at radius 2 is 2.21 bits per heavy atom. The van der Waals surface area contributed by atoms with Gasteiger partial charge < -0.3 is 4.74 Å². The van der Waals surface area contributed by atoms with E-state index in [4.69, 9.17) is 4.74 Å². The fraction of sp³-hybridized carbons (Fsp3) is 0.700. The van der Waals surface area contributed by atoms with Crippen LogP contribution in [0.2, 0.25) is 0 Å². The maximum Gasteiger partial charge on any atom is 0.335 e. The summed E-state index contributed by atoms with van der Waals surface area (Å²) >= 11 is 6.80. The molecule has 1 rings (SSSR count). The first kappa shape index (κ1) is 12.2. The molecule has 1 aliphatic heterocycles. The highest BCUT2D eigenvalue weighted by molar-refractivity contribution is 9.11. The van der Waals surface area contributed by atoms with Gasteiger partial charge in [-0.25, -0.2) is 4.79 Å². The summed E-state index contributed by atoms with van der Waals surface area (Å²) < 4.78 is 6.22. The Hall–Kier alpha value is 0.170. The highest BCUT2D eigenvalue weighted by Crippen LogP contribution is 2.35. The number of carbonyl (C=O) groups excluding carboxylic acids is 1. The van der Waals surface area contributed by atoms with Gasteiger partial charge in [0.05, 0.1) is 5.57 Å². The second-order valence-corrected chi connectivity index (χ2v) is 5.28. The van der Waals surface area contributed by atoms with Crippen molar-refractivity contribution in [3.63, 3.8) is 0 Å². The topological polar surface area (TPSA) is 26.3 Å². The van der Waals surface area contributed by atoms with Gasteiger partial charge in [0.1, 0.15) is 6.10 Å². The molecule has 1 aliphatic rings. The Bertz CT molecular complexity index is 257. The molecule has 0 bridgehead atoms. The molecule has 0 amide bonds. The number of carbonyl (C=O) groups is 1.